The quantitative estimate of drug-likeness (QED) is 0.428. The Morgan fingerprint density at radius 2 is 2.00 bits per heavy atom. The minimum absolute atomic E-state index is 0.361. The van der Waals surface area contributed by atoms with E-state index < -0.39 is 0 Å². The largest absolute Gasteiger partial charge is 0.457 e. The number of esters is 1. The van der Waals surface area contributed by atoms with Gasteiger partial charge in [0.25, 0.3) is 0 Å². The highest BCUT2D eigenvalue weighted by Crippen LogP contribution is 2.03. The number of likely N-dealkylation sites (N-methyl/N-ethyl adjacent to an activating group) is 1. The average molecular weight is 260 g/mol. The molecule has 0 bridgehead atoms. The van der Waals surface area contributed by atoms with Crippen LogP contribution in [0.3, 0.4) is 0 Å². The lowest BCUT2D eigenvalue weighted by Gasteiger charge is -2.28. The zero-order chi connectivity index (χ0) is 14.1. The molecule has 0 N–H and O–H groups in total. The minimum Gasteiger partial charge on any atom is -0.457 e. The van der Waals surface area contributed by atoms with Crippen LogP contribution >= 0.6 is 0 Å². The predicted molar refractivity (Wildman–Crippen MR) is 78.5 cm³/mol. The van der Waals surface area contributed by atoms with Crippen LogP contribution in [0.5, 0.6) is 0 Å². The zero-order valence-electron chi connectivity index (χ0n) is 11.7. The molecule has 0 aliphatic rings. The number of nitrogens with zero attached hydrogens (tertiary/aromatic N) is 1. The monoisotopic (exact) mass is 260 g/mol. The molecule has 3 nitrogen and oxygen atoms in total. The van der Waals surface area contributed by atoms with Crippen LogP contribution in [-0.2, 0) is 9.53 Å². The normalized spacial score (nSPS) is 11.5. The van der Waals surface area contributed by atoms with Crippen molar-refractivity contribution in [2.45, 2.75) is 0 Å². The van der Waals surface area contributed by atoms with Crippen LogP contribution in [0.1, 0.15) is 5.56 Å². The lowest BCUT2D eigenvalue weighted by Crippen LogP contribution is -2.42. The number of ether oxygens (including phenoxy) is 1. The van der Waals surface area contributed by atoms with Crippen LogP contribution in [-0.4, -0.2) is 44.2 Å². The lowest BCUT2D eigenvalue weighted by molar-refractivity contribution is -0.884. The van der Waals surface area contributed by atoms with E-state index >= 15 is 0 Å². The predicted octanol–water partition coefficient (Wildman–Crippen LogP) is 2.51. The molecule has 3 heteroatoms. The van der Waals surface area contributed by atoms with Gasteiger partial charge in [-0.25, -0.2) is 4.79 Å². The lowest BCUT2D eigenvalue weighted by atomic mass is 10.2. The summed E-state index contributed by atoms with van der Waals surface area (Å²) in [6.07, 6.45) is 5.44. The van der Waals surface area contributed by atoms with E-state index in [9.17, 15) is 4.79 Å². The molecular formula is C16H22NO2+. The molecule has 102 valence electrons. The van der Waals surface area contributed by atoms with Gasteiger partial charge in [0.15, 0.2) is 0 Å². The number of rotatable bonds is 7. The van der Waals surface area contributed by atoms with Crippen LogP contribution in [0, 0.1) is 0 Å². The number of quaternary nitrogens is 1. The van der Waals surface area contributed by atoms with Crippen molar-refractivity contribution in [3.05, 3.63) is 54.6 Å². The Morgan fingerprint density at radius 3 is 2.63 bits per heavy atom. The van der Waals surface area contributed by atoms with Crippen LogP contribution < -0.4 is 0 Å². The average Bonchev–Trinajstić information content (AvgIpc) is 2.39. The molecule has 0 atom stereocenters. The Balaban J connectivity index is 2.36. The topological polar surface area (TPSA) is 26.3 Å². The maximum atomic E-state index is 10.9. The fraction of sp³-hybridized carbons (Fsp3) is 0.312. The fourth-order valence-electron chi connectivity index (χ4n) is 1.58. The molecule has 0 aliphatic carbocycles. The first kappa shape index (κ1) is 15.2. The van der Waals surface area contributed by atoms with Gasteiger partial charge >= 0.3 is 5.97 Å². The molecule has 0 spiro atoms. The molecule has 0 radical (unpaired) electrons. The second-order valence-corrected chi connectivity index (χ2v) is 5.03. The summed E-state index contributed by atoms with van der Waals surface area (Å²) in [5.41, 5.74) is 1.19. The van der Waals surface area contributed by atoms with Gasteiger partial charge in [0.05, 0.1) is 20.6 Å². The highest BCUT2D eigenvalue weighted by molar-refractivity contribution is 5.81. The van der Waals surface area contributed by atoms with Gasteiger partial charge in [-0.05, 0) is 11.6 Å². The summed E-state index contributed by atoms with van der Waals surface area (Å²) in [5, 5.41) is 0. The first-order valence-electron chi connectivity index (χ1n) is 6.36. The molecule has 1 aromatic carbocycles. The highest BCUT2D eigenvalue weighted by atomic mass is 16.5. The third-order valence-corrected chi connectivity index (χ3v) is 2.82. The van der Waals surface area contributed by atoms with Crippen LogP contribution in [0.4, 0.5) is 0 Å². The Kier molecular flexibility index (Phi) is 6.03. The Bertz CT molecular complexity index is 435. The summed E-state index contributed by atoms with van der Waals surface area (Å²) in [6, 6.07) is 10.2. The minimum atomic E-state index is -0.361. The number of carbonyl (C=O) groups is 1. The number of hydrogen-bond acceptors (Lipinski definition) is 2. The number of carbonyl (C=O) groups excluding carboxylic acids is 1. The molecular weight excluding hydrogens is 238 g/mol. The molecule has 1 rings (SSSR count). The standard InChI is InChI=1S/C16H22NO2/c1-4-16(18)19-14-13-17(2,3)12-8-11-15-9-6-5-7-10-15/h4-11H,1,12-14H2,2-3H3/q+1. The maximum absolute atomic E-state index is 10.9. The van der Waals surface area contributed by atoms with Gasteiger partial charge in [0, 0.05) is 6.08 Å². The molecule has 0 unspecified atom stereocenters. The van der Waals surface area contributed by atoms with Crippen molar-refractivity contribution in [2.75, 3.05) is 33.8 Å². The number of benzene rings is 1. The van der Waals surface area contributed by atoms with E-state index in [0.29, 0.717) is 6.61 Å². The third kappa shape index (κ3) is 6.58. The summed E-state index contributed by atoms with van der Waals surface area (Å²) in [7, 11) is 4.22. The molecule has 1 aromatic rings. The molecule has 0 amide bonds. The summed E-state index contributed by atoms with van der Waals surface area (Å²) in [4.78, 5) is 10.9. The van der Waals surface area contributed by atoms with Crippen molar-refractivity contribution in [1.29, 1.82) is 0 Å². The van der Waals surface area contributed by atoms with E-state index in [1.54, 1.807) is 0 Å². The van der Waals surface area contributed by atoms with Crippen LogP contribution in [0.2, 0.25) is 0 Å². The molecule has 0 fully saturated rings. The third-order valence-electron chi connectivity index (χ3n) is 2.82. The van der Waals surface area contributed by atoms with E-state index in [4.69, 9.17) is 4.74 Å². The molecule has 0 heterocycles. The van der Waals surface area contributed by atoms with Gasteiger partial charge < -0.3 is 9.22 Å². The van der Waals surface area contributed by atoms with Crippen molar-refractivity contribution in [2.24, 2.45) is 0 Å². The molecule has 0 aliphatic heterocycles. The SMILES string of the molecule is C=CC(=O)OCC[N+](C)(C)CC=Cc1ccccc1. The molecule has 0 aromatic heterocycles. The number of hydrogen-bond donors (Lipinski definition) is 0. The zero-order valence-corrected chi connectivity index (χ0v) is 11.7. The molecule has 19 heavy (non-hydrogen) atoms. The summed E-state index contributed by atoms with van der Waals surface area (Å²) < 4.78 is 5.77. The first-order valence-corrected chi connectivity index (χ1v) is 6.36. The van der Waals surface area contributed by atoms with E-state index in [1.165, 1.54) is 11.6 Å². The second kappa shape index (κ2) is 7.54. The molecule has 0 saturated carbocycles. The van der Waals surface area contributed by atoms with E-state index in [-0.39, 0.29) is 5.97 Å². The molecule has 0 saturated heterocycles. The van der Waals surface area contributed by atoms with Gasteiger partial charge in [0.2, 0.25) is 0 Å². The first-order chi connectivity index (χ1) is 9.03. The van der Waals surface area contributed by atoms with Gasteiger partial charge in [0.1, 0.15) is 13.2 Å². The van der Waals surface area contributed by atoms with Crippen molar-refractivity contribution >= 4 is 12.0 Å². The maximum Gasteiger partial charge on any atom is 0.330 e. The van der Waals surface area contributed by atoms with Crippen molar-refractivity contribution in [3.8, 4) is 0 Å². The van der Waals surface area contributed by atoms with Gasteiger partial charge in [-0.3, -0.25) is 0 Å². The van der Waals surface area contributed by atoms with Crippen LogP contribution in [0.25, 0.3) is 6.08 Å². The van der Waals surface area contributed by atoms with Crippen molar-refractivity contribution in [1.82, 2.24) is 0 Å². The van der Waals surface area contributed by atoms with Gasteiger partial charge in [-0.1, -0.05) is 43.0 Å². The van der Waals surface area contributed by atoms with E-state index in [0.717, 1.165) is 17.6 Å². The fourth-order valence-corrected chi connectivity index (χ4v) is 1.58. The van der Waals surface area contributed by atoms with Crippen LogP contribution in [0.15, 0.2) is 49.1 Å². The summed E-state index contributed by atoms with van der Waals surface area (Å²) in [5.74, 6) is -0.361. The Labute approximate surface area is 115 Å². The second-order valence-electron chi connectivity index (χ2n) is 5.03. The van der Waals surface area contributed by atoms with E-state index in [1.807, 2.05) is 18.2 Å². The summed E-state index contributed by atoms with van der Waals surface area (Å²) in [6.45, 7) is 5.45. The van der Waals surface area contributed by atoms with Crippen molar-refractivity contribution < 1.29 is 14.0 Å². The van der Waals surface area contributed by atoms with E-state index in [2.05, 4.69) is 45.0 Å². The Morgan fingerprint density at radius 1 is 1.32 bits per heavy atom. The van der Waals surface area contributed by atoms with Gasteiger partial charge in [-0.2, -0.15) is 0 Å². The summed E-state index contributed by atoms with van der Waals surface area (Å²) >= 11 is 0. The van der Waals surface area contributed by atoms with Gasteiger partial charge in [-0.15, -0.1) is 0 Å². The Hall–Kier alpha value is -1.87. The van der Waals surface area contributed by atoms with Crippen molar-refractivity contribution in [3.63, 3.8) is 0 Å². The smallest absolute Gasteiger partial charge is 0.330 e. The highest BCUT2D eigenvalue weighted by Gasteiger charge is 2.13.